The number of amides is 1. The number of hydrogen-bond donors (Lipinski definition) is 1. The molecule has 0 radical (unpaired) electrons. The van der Waals surface area contributed by atoms with E-state index in [1.165, 1.54) is 5.57 Å². The summed E-state index contributed by atoms with van der Waals surface area (Å²) in [6.07, 6.45) is 2.57. The van der Waals surface area contributed by atoms with Gasteiger partial charge in [-0.3, -0.25) is 0 Å². The molecule has 1 N–H and O–H groups in total. The lowest BCUT2D eigenvalue weighted by molar-refractivity contribution is 0.0270. The third-order valence-electron chi connectivity index (χ3n) is 4.54. The number of hydrogen-bond acceptors (Lipinski definition) is 7. The minimum atomic E-state index is -0.480. The van der Waals surface area contributed by atoms with Gasteiger partial charge in [-0.25, -0.2) is 9.78 Å². The van der Waals surface area contributed by atoms with Crippen LogP contribution in [0, 0.1) is 0 Å². The van der Waals surface area contributed by atoms with E-state index < -0.39 is 5.60 Å². The van der Waals surface area contributed by atoms with Gasteiger partial charge in [0.15, 0.2) is 11.5 Å². The Balaban J connectivity index is 1.57. The van der Waals surface area contributed by atoms with Crippen molar-refractivity contribution in [2.24, 2.45) is 0 Å². The van der Waals surface area contributed by atoms with Crippen LogP contribution < -0.4 is 14.8 Å². The fraction of sp³-hybridized carbons (Fsp3) is 0.455. The molecule has 0 aliphatic carbocycles. The Bertz CT molecular complexity index is 917. The van der Waals surface area contributed by atoms with Crippen LogP contribution in [0.5, 0.6) is 11.5 Å². The van der Waals surface area contributed by atoms with E-state index in [4.69, 9.17) is 19.2 Å². The largest absolute Gasteiger partial charge is 0.493 e. The molecule has 0 atom stereocenters. The molecule has 0 saturated heterocycles. The highest BCUT2D eigenvalue weighted by molar-refractivity contribution is 7.10. The average molecular weight is 432 g/mol. The SMILES string of the molecule is COc1ccc(NCc2csc(C3=CCN(C(=O)OC(C)(C)C)CC3)n2)cc1OC. The molecule has 0 fully saturated rings. The van der Waals surface area contributed by atoms with E-state index in [0.717, 1.165) is 22.8 Å². The Hall–Kier alpha value is -2.74. The van der Waals surface area contributed by atoms with Crippen LogP contribution in [0.4, 0.5) is 10.5 Å². The summed E-state index contributed by atoms with van der Waals surface area (Å²) in [4.78, 5) is 18.7. The lowest BCUT2D eigenvalue weighted by Crippen LogP contribution is -2.39. The van der Waals surface area contributed by atoms with Crippen molar-refractivity contribution in [3.63, 3.8) is 0 Å². The summed E-state index contributed by atoms with van der Waals surface area (Å²) in [5.74, 6) is 1.38. The van der Waals surface area contributed by atoms with Gasteiger partial charge in [-0.2, -0.15) is 0 Å². The van der Waals surface area contributed by atoms with E-state index >= 15 is 0 Å². The number of carbonyl (C=O) groups is 1. The first-order chi connectivity index (χ1) is 14.3. The van der Waals surface area contributed by atoms with Gasteiger partial charge < -0.3 is 24.4 Å². The van der Waals surface area contributed by atoms with Crippen LogP contribution in [0.1, 0.15) is 37.9 Å². The maximum Gasteiger partial charge on any atom is 0.410 e. The number of nitrogens with one attached hydrogen (secondary N) is 1. The molecule has 0 spiro atoms. The smallest absolute Gasteiger partial charge is 0.410 e. The van der Waals surface area contributed by atoms with Gasteiger partial charge in [0.25, 0.3) is 0 Å². The maximum atomic E-state index is 12.2. The molecule has 162 valence electrons. The number of methoxy groups -OCH3 is 2. The zero-order valence-electron chi connectivity index (χ0n) is 18.2. The summed E-state index contributed by atoms with van der Waals surface area (Å²) >= 11 is 1.63. The molecule has 3 rings (SSSR count). The molecule has 0 saturated carbocycles. The monoisotopic (exact) mass is 431 g/mol. The van der Waals surface area contributed by atoms with Gasteiger partial charge in [0.2, 0.25) is 0 Å². The lowest BCUT2D eigenvalue weighted by atomic mass is 10.1. The zero-order chi connectivity index (χ0) is 21.7. The fourth-order valence-electron chi connectivity index (χ4n) is 3.03. The predicted molar refractivity (Wildman–Crippen MR) is 119 cm³/mol. The second-order valence-electron chi connectivity index (χ2n) is 7.97. The van der Waals surface area contributed by atoms with E-state index in [-0.39, 0.29) is 6.09 Å². The lowest BCUT2D eigenvalue weighted by Gasteiger charge is -2.29. The Labute approximate surface area is 181 Å². The number of ether oxygens (including phenoxy) is 3. The molecule has 2 heterocycles. The highest BCUT2D eigenvalue weighted by atomic mass is 32.1. The number of nitrogens with zero attached hydrogens (tertiary/aromatic N) is 2. The highest BCUT2D eigenvalue weighted by Crippen LogP contribution is 2.30. The molecule has 1 aliphatic rings. The van der Waals surface area contributed by atoms with Crippen molar-refractivity contribution in [2.45, 2.75) is 39.3 Å². The molecule has 7 nitrogen and oxygen atoms in total. The third kappa shape index (κ3) is 5.66. The molecule has 1 aromatic carbocycles. The fourth-order valence-corrected chi connectivity index (χ4v) is 3.92. The van der Waals surface area contributed by atoms with Gasteiger partial charge in [-0.1, -0.05) is 6.08 Å². The normalized spacial score (nSPS) is 14.2. The first kappa shape index (κ1) is 22.0. The third-order valence-corrected chi connectivity index (χ3v) is 5.51. The van der Waals surface area contributed by atoms with Gasteiger partial charge in [0, 0.05) is 30.2 Å². The molecule has 2 aromatic rings. The second-order valence-corrected chi connectivity index (χ2v) is 8.83. The molecule has 30 heavy (non-hydrogen) atoms. The van der Waals surface area contributed by atoms with Crippen molar-refractivity contribution in [1.29, 1.82) is 0 Å². The number of rotatable bonds is 6. The molecule has 0 unspecified atom stereocenters. The van der Waals surface area contributed by atoms with Crippen molar-refractivity contribution in [3.8, 4) is 11.5 Å². The van der Waals surface area contributed by atoms with Crippen LogP contribution in [0.25, 0.3) is 5.57 Å². The number of thiazole rings is 1. The van der Waals surface area contributed by atoms with E-state index in [1.54, 1.807) is 30.5 Å². The molecule has 1 amide bonds. The van der Waals surface area contributed by atoms with Crippen LogP contribution in [0.15, 0.2) is 29.7 Å². The quantitative estimate of drug-likeness (QED) is 0.709. The molecule has 8 heteroatoms. The Morgan fingerprint density at radius 1 is 1.23 bits per heavy atom. The summed E-state index contributed by atoms with van der Waals surface area (Å²) in [5, 5.41) is 6.43. The van der Waals surface area contributed by atoms with Crippen molar-refractivity contribution in [2.75, 3.05) is 32.6 Å². The van der Waals surface area contributed by atoms with Gasteiger partial charge >= 0.3 is 6.09 Å². The van der Waals surface area contributed by atoms with E-state index in [9.17, 15) is 4.79 Å². The first-order valence-electron chi connectivity index (χ1n) is 9.86. The van der Waals surface area contributed by atoms with E-state index in [0.29, 0.717) is 31.1 Å². The number of carbonyl (C=O) groups excluding carboxylic acids is 1. The Morgan fingerprint density at radius 3 is 2.63 bits per heavy atom. The van der Waals surface area contributed by atoms with Crippen molar-refractivity contribution in [1.82, 2.24) is 9.88 Å². The highest BCUT2D eigenvalue weighted by Gasteiger charge is 2.24. The Kier molecular flexibility index (Phi) is 6.87. The van der Waals surface area contributed by atoms with E-state index in [1.807, 2.05) is 39.0 Å². The number of anilines is 1. The van der Waals surface area contributed by atoms with Gasteiger partial charge in [-0.15, -0.1) is 11.3 Å². The minimum Gasteiger partial charge on any atom is -0.493 e. The average Bonchev–Trinajstić information content (AvgIpc) is 3.20. The van der Waals surface area contributed by atoms with Crippen LogP contribution in [0.2, 0.25) is 0 Å². The van der Waals surface area contributed by atoms with Crippen LogP contribution in [-0.2, 0) is 11.3 Å². The standard InChI is InChI=1S/C22H29N3O4S/c1-22(2,3)29-21(26)25-10-8-15(9-11-25)20-24-17(14-30-20)13-23-16-6-7-18(27-4)19(12-16)28-5/h6-8,12,14,23H,9-11,13H2,1-5H3. The molecular weight excluding hydrogens is 402 g/mol. The Morgan fingerprint density at radius 2 is 2.00 bits per heavy atom. The topological polar surface area (TPSA) is 72.9 Å². The van der Waals surface area contributed by atoms with Gasteiger partial charge in [0.1, 0.15) is 10.6 Å². The van der Waals surface area contributed by atoms with Crippen molar-refractivity contribution < 1.29 is 19.0 Å². The van der Waals surface area contributed by atoms with Crippen LogP contribution in [-0.4, -0.2) is 48.9 Å². The molecule has 1 aromatic heterocycles. The summed E-state index contributed by atoms with van der Waals surface area (Å²) in [5.41, 5.74) is 2.61. The molecular formula is C22H29N3O4S. The predicted octanol–water partition coefficient (Wildman–Crippen LogP) is 4.80. The van der Waals surface area contributed by atoms with E-state index in [2.05, 4.69) is 16.8 Å². The van der Waals surface area contributed by atoms with Crippen molar-refractivity contribution in [3.05, 3.63) is 40.4 Å². The summed E-state index contributed by atoms with van der Waals surface area (Å²) in [6, 6.07) is 5.72. The summed E-state index contributed by atoms with van der Waals surface area (Å²) < 4.78 is 16.1. The number of aromatic nitrogens is 1. The maximum absolute atomic E-state index is 12.2. The van der Waals surface area contributed by atoms with Crippen LogP contribution in [0.3, 0.4) is 0 Å². The first-order valence-corrected chi connectivity index (χ1v) is 10.7. The van der Waals surface area contributed by atoms with Crippen LogP contribution >= 0.6 is 11.3 Å². The second kappa shape index (κ2) is 9.38. The van der Waals surface area contributed by atoms with Crippen molar-refractivity contribution >= 4 is 28.7 Å². The minimum absolute atomic E-state index is 0.267. The van der Waals surface area contributed by atoms with Gasteiger partial charge in [0.05, 0.1) is 26.5 Å². The van der Waals surface area contributed by atoms with Gasteiger partial charge in [-0.05, 0) is 44.9 Å². The summed E-state index contributed by atoms with van der Waals surface area (Å²) in [7, 11) is 3.24. The summed E-state index contributed by atoms with van der Waals surface area (Å²) in [6.45, 7) is 7.43. The molecule has 1 aliphatic heterocycles. The number of benzene rings is 1. The molecule has 0 bridgehead atoms. The zero-order valence-corrected chi connectivity index (χ0v) is 19.0.